The molecule has 1 aliphatic carbocycles. The number of benzene rings is 1. The van der Waals surface area contributed by atoms with Gasteiger partial charge in [-0.1, -0.05) is 0 Å². The average Bonchev–Trinajstić information content (AvgIpc) is 2.71. The molecular weight excluding hydrogens is 266 g/mol. The van der Waals surface area contributed by atoms with Crippen LogP contribution in [-0.4, -0.2) is 4.98 Å². The average molecular weight is 280 g/mol. The Bertz CT molecular complexity index is 589. The summed E-state index contributed by atoms with van der Waals surface area (Å²) in [5.74, 6) is -1.10. The fourth-order valence-corrected chi connectivity index (χ4v) is 3.68. The molecule has 0 radical (unpaired) electrons. The van der Waals surface area contributed by atoms with E-state index in [2.05, 4.69) is 4.98 Å². The Morgan fingerprint density at radius 3 is 2.68 bits per heavy atom. The van der Waals surface area contributed by atoms with E-state index in [1.54, 1.807) is 11.3 Å². The van der Waals surface area contributed by atoms with Crippen LogP contribution < -0.4 is 5.73 Å². The van der Waals surface area contributed by atoms with Crippen molar-refractivity contribution in [2.75, 3.05) is 0 Å². The second kappa shape index (κ2) is 4.98. The van der Waals surface area contributed by atoms with Crippen LogP contribution in [0.15, 0.2) is 18.2 Å². The Morgan fingerprint density at radius 2 is 2.00 bits per heavy atom. The summed E-state index contributed by atoms with van der Waals surface area (Å²) < 4.78 is 26.3. The van der Waals surface area contributed by atoms with Gasteiger partial charge in [-0.05, 0) is 37.0 Å². The molecule has 2 nitrogen and oxygen atoms in total. The van der Waals surface area contributed by atoms with Gasteiger partial charge in [0.25, 0.3) is 0 Å². The van der Waals surface area contributed by atoms with Crippen LogP contribution in [0.25, 0.3) is 0 Å². The molecule has 2 N–H and O–H groups in total. The van der Waals surface area contributed by atoms with Gasteiger partial charge in [0.2, 0.25) is 0 Å². The quantitative estimate of drug-likeness (QED) is 0.916. The molecule has 2 aromatic rings. The third-order valence-electron chi connectivity index (χ3n) is 3.32. The second-order valence-electron chi connectivity index (χ2n) is 4.87. The van der Waals surface area contributed by atoms with Gasteiger partial charge >= 0.3 is 0 Å². The Labute approximate surface area is 114 Å². The second-order valence-corrected chi connectivity index (χ2v) is 6.04. The van der Waals surface area contributed by atoms with Gasteiger partial charge in [-0.15, -0.1) is 11.3 Å². The fraction of sp³-hybridized carbons (Fsp3) is 0.357. The first-order chi connectivity index (χ1) is 9.11. The van der Waals surface area contributed by atoms with Crippen molar-refractivity contribution in [1.82, 2.24) is 4.98 Å². The molecule has 0 bridgehead atoms. The third kappa shape index (κ3) is 2.67. The number of thiazole rings is 1. The summed E-state index contributed by atoms with van der Waals surface area (Å²) in [5, 5.41) is 0.882. The number of hydrogen-bond donors (Lipinski definition) is 1. The highest BCUT2D eigenvalue weighted by Gasteiger charge is 2.21. The molecule has 1 unspecified atom stereocenters. The van der Waals surface area contributed by atoms with Crippen LogP contribution in [0.4, 0.5) is 8.78 Å². The maximum Gasteiger partial charge on any atom is 0.126 e. The molecule has 19 heavy (non-hydrogen) atoms. The van der Waals surface area contributed by atoms with Gasteiger partial charge in [0, 0.05) is 23.4 Å². The van der Waals surface area contributed by atoms with Crippen LogP contribution in [0.5, 0.6) is 0 Å². The van der Waals surface area contributed by atoms with Crippen LogP contribution in [-0.2, 0) is 12.8 Å². The number of hydrogen-bond acceptors (Lipinski definition) is 3. The van der Waals surface area contributed by atoms with Crippen molar-refractivity contribution in [2.45, 2.75) is 31.7 Å². The monoisotopic (exact) mass is 280 g/mol. The predicted molar refractivity (Wildman–Crippen MR) is 71.1 cm³/mol. The molecule has 1 aliphatic rings. The molecule has 0 spiro atoms. The lowest BCUT2D eigenvalue weighted by atomic mass is 9.99. The van der Waals surface area contributed by atoms with Crippen molar-refractivity contribution >= 4 is 11.3 Å². The Hall–Kier alpha value is -1.33. The maximum atomic E-state index is 13.1. The van der Waals surface area contributed by atoms with Crippen LogP contribution in [0.2, 0.25) is 0 Å². The van der Waals surface area contributed by atoms with Crippen molar-refractivity contribution in [2.24, 2.45) is 5.73 Å². The highest BCUT2D eigenvalue weighted by Crippen LogP contribution is 2.32. The molecule has 5 heteroatoms. The summed E-state index contributed by atoms with van der Waals surface area (Å²) in [4.78, 5) is 5.76. The summed E-state index contributed by atoms with van der Waals surface area (Å²) in [6, 6.07) is 3.59. The number of nitrogens with zero attached hydrogens (tertiary/aromatic N) is 1. The Morgan fingerprint density at radius 1 is 1.26 bits per heavy atom. The molecule has 3 rings (SSSR count). The van der Waals surface area contributed by atoms with Gasteiger partial charge in [0.1, 0.15) is 11.6 Å². The number of fused-ring (bicyclic) bond motifs is 1. The highest BCUT2D eigenvalue weighted by molar-refractivity contribution is 7.11. The normalized spacial score (nSPS) is 18.4. The van der Waals surface area contributed by atoms with Gasteiger partial charge in [-0.25, -0.2) is 13.8 Å². The fourth-order valence-electron chi connectivity index (χ4n) is 2.47. The zero-order valence-corrected chi connectivity index (χ0v) is 11.1. The molecule has 1 heterocycles. The van der Waals surface area contributed by atoms with E-state index >= 15 is 0 Å². The van der Waals surface area contributed by atoms with Crippen LogP contribution in [0.1, 0.15) is 40.0 Å². The standard InChI is InChI=1S/C14H14F2N2S/c15-9-4-8(5-10(16)7-9)6-13-18-14-11(17)2-1-3-12(14)19-13/h4-5,7,11H,1-3,6,17H2. The van der Waals surface area contributed by atoms with Gasteiger partial charge in [0.15, 0.2) is 0 Å². The predicted octanol–water partition coefficient (Wildman–Crippen LogP) is 3.35. The van der Waals surface area contributed by atoms with E-state index in [0.717, 1.165) is 36.0 Å². The lowest BCUT2D eigenvalue weighted by molar-refractivity contribution is 0.562. The summed E-state index contributed by atoms with van der Waals surface area (Å²) in [6.45, 7) is 0. The minimum absolute atomic E-state index is 0.0120. The van der Waals surface area contributed by atoms with Crippen LogP contribution in [0.3, 0.4) is 0 Å². The summed E-state index contributed by atoms with van der Waals surface area (Å²) >= 11 is 1.61. The molecule has 0 aliphatic heterocycles. The first kappa shape index (κ1) is 12.7. The van der Waals surface area contributed by atoms with E-state index in [-0.39, 0.29) is 6.04 Å². The molecule has 0 saturated heterocycles. The van der Waals surface area contributed by atoms with Crippen molar-refractivity contribution < 1.29 is 8.78 Å². The Kier molecular flexibility index (Phi) is 3.33. The minimum Gasteiger partial charge on any atom is -0.323 e. The Balaban J connectivity index is 1.87. The summed E-state index contributed by atoms with van der Waals surface area (Å²) in [5.41, 5.74) is 7.61. The van der Waals surface area contributed by atoms with Crippen molar-refractivity contribution in [3.63, 3.8) is 0 Å². The van der Waals surface area contributed by atoms with Gasteiger partial charge in [-0.2, -0.15) is 0 Å². The molecule has 0 fully saturated rings. The zero-order valence-electron chi connectivity index (χ0n) is 10.3. The van der Waals surface area contributed by atoms with Gasteiger partial charge in [-0.3, -0.25) is 0 Å². The highest BCUT2D eigenvalue weighted by atomic mass is 32.1. The topological polar surface area (TPSA) is 38.9 Å². The third-order valence-corrected chi connectivity index (χ3v) is 4.45. The van der Waals surface area contributed by atoms with Crippen LogP contribution >= 0.6 is 11.3 Å². The van der Waals surface area contributed by atoms with E-state index in [1.165, 1.54) is 17.0 Å². The van der Waals surface area contributed by atoms with Crippen molar-refractivity contribution in [1.29, 1.82) is 0 Å². The largest absolute Gasteiger partial charge is 0.323 e. The molecule has 0 amide bonds. The van der Waals surface area contributed by atoms with Crippen molar-refractivity contribution in [3.8, 4) is 0 Å². The lowest BCUT2D eigenvalue weighted by Crippen LogP contribution is -2.16. The zero-order chi connectivity index (χ0) is 13.4. The molecular formula is C14H14F2N2S. The van der Waals surface area contributed by atoms with E-state index in [9.17, 15) is 8.78 Å². The molecule has 0 saturated carbocycles. The van der Waals surface area contributed by atoms with Crippen LogP contribution in [0, 0.1) is 11.6 Å². The van der Waals surface area contributed by atoms with Gasteiger partial charge in [0.05, 0.1) is 10.7 Å². The number of halogens is 2. The first-order valence-electron chi connectivity index (χ1n) is 6.31. The lowest BCUT2D eigenvalue weighted by Gasteiger charge is -2.15. The molecule has 1 aromatic heterocycles. The van der Waals surface area contributed by atoms with Crippen molar-refractivity contribution in [3.05, 3.63) is 51.0 Å². The van der Waals surface area contributed by atoms with Gasteiger partial charge < -0.3 is 5.73 Å². The number of nitrogens with two attached hydrogens (primary N) is 1. The number of aryl methyl sites for hydroxylation is 1. The molecule has 1 aromatic carbocycles. The summed E-state index contributed by atoms with van der Waals surface area (Å²) in [7, 11) is 0. The molecule has 100 valence electrons. The SMILES string of the molecule is NC1CCCc2sc(Cc3cc(F)cc(F)c3)nc21. The van der Waals surface area contributed by atoms with E-state index in [4.69, 9.17) is 5.73 Å². The summed E-state index contributed by atoms with van der Waals surface area (Å²) in [6.07, 6.45) is 3.52. The van der Waals surface area contributed by atoms with E-state index in [1.807, 2.05) is 0 Å². The van der Waals surface area contributed by atoms with E-state index < -0.39 is 11.6 Å². The maximum absolute atomic E-state index is 13.1. The number of rotatable bonds is 2. The minimum atomic E-state index is -0.548. The van der Waals surface area contributed by atoms with E-state index in [0.29, 0.717) is 12.0 Å². The smallest absolute Gasteiger partial charge is 0.126 e. The molecule has 1 atom stereocenters. The number of aromatic nitrogens is 1. The first-order valence-corrected chi connectivity index (χ1v) is 7.12.